The minimum atomic E-state index is -0.411. The lowest BCUT2D eigenvalue weighted by molar-refractivity contribution is -0.123. The molecule has 0 aliphatic heterocycles. The lowest BCUT2D eigenvalue weighted by Crippen LogP contribution is -2.50. The van der Waals surface area contributed by atoms with Gasteiger partial charge in [-0.3, -0.25) is 4.79 Å². The normalized spacial score (nSPS) is 17.8. The second-order valence-corrected chi connectivity index (χ2v) is 7.65. The predicted octanol–water partition coefficient (Wildman–Crippen LogP) is 2.96. The summed E-state index contributed by atoms with van der Waals surface area (Å²) in [5.41, 5.74) is 0.957. The van der Waals surface area contributed by atoms with Crippen molar-refractivity contribution in [1.29, 1.82) is 0 Å². The average Bonchev–Trinajstić information content (AvgIpc) is 3.17. The number of thiophene rings is 1. The van der Waals surface area contributed by atoms with Crippen molar-refractivity contribution in [2.75, 3.05) is 6.61 Å². The van der Waals surface area contributed by atoms with Crippen molar-refractivity contribution >= 4 is 17.2 Å². The maximum atomic E-state index is 12.0. The molecule has 1 aromatic heterocycles. The van der Waals surface area contributed by atoms with Crippen LogP contribution in [0.1, 0.15) is 47.9 Å². The third-order valence-electron chi connectivity index (χ3n) is 4.23. The minimum absolute atomic E-state index is 0.0340. The average molecular weight is 295 g/mol. The van der Waals surface area contributed by atoms with Crippen LogP contribution >= 0.6 is 11.3 Å². The Morgan fingerprint density at radius 2 is 2.20 bits per heavy atom. The highest BCUT2D eigenvalue weighted by Crippen LogP contribution is 2.39. The molecule has 1 fully saturated rings. The molecular formula is C16H25NO2S. The van der Waals surface area contributed by atoms with E-state index in [0.717, 1.165) is 25.7 Å². The van der Waals surface area contributed by atoms with E-state index in [1.54, 1.807) is 0 Å². The first kappa shape index (κ1) is 15.5. The van der Waals surface area contributed by atoms with Crippen molar-refractivity contribution in [2.45, 2.75) is 58.4 Å². The molecule has 20 heavy (non-hydrogen) atoms. The molecule has 1 unspecified atom stereocenters. The van der Waals surface area contributed by atoms with Crippen LogP contribution in [0.3, 0.4) is 0 Å². The van der Waals surface area contributed by atoms with Crippen LogP contribution in [0.15, 0.2) is 6.07 Å². The topological polar surface area (TPSA) is 49.3 Å². The minimum Gasteiger partial charge on any atom is -0.394 e. The van der Waals surface area contributed by atoms with E-state index in [-0.39, 0.29) is 12.5 Å². The molecule has 112 valence electrons. The van der Waals surface area contributed by atoms with Gasteiger partial charge in [0.1, 0.15) is 0 Å². The number of carbonyl (C=O) groups is 1. The highest BCUT2D eigenvalue weighted by molar-refractivity contribution is 7.12. The Kier molecular flexibility index (Phi) is 4.86. The summed E-state index contributed by atoms with van der Waals surface area (Å²) in [6.07, 6.45) is 4.60. The van der Waals surface area contributed by atoms with E-state index in [1.807, 2.05) is 18.3 Å². The van der Waals surface area contributed by atoms with Crippen LogP contribution in [-0.4, -0.2) is 23.2 Å². The van der Waals surface area contributed by atoms with Gasteiger partial charge in [-0.15, -0.1) is 11.3 Å². The molecule has 2 N–H and O–H groups in total. The molecule has 3 nitrogen and oxygen atoms in total. The van der Waals surface area contributed by atoms with Gasteiger partial charge in [0.25, 0.3) is 0 Å². The van der Waals surface area contributed by atoms with Gasteiger partial charge in [0.15, 0.2) is 0 Å². The summed E-state index contributed by atoms with van der Waals surface area (Å²) in [7, 11) is 0. The van der Waals surface area contributed by atoms with Crippen molar-refractivity contribution in [3.63, 3.8) is 0 Å². The van der Waals surface area contributed by atoms with Gasteiger partial charge in [-0.25, -0.2) is 0 Å². The van der Waals surface area contributed by atoms with Gasteiger partial charge in [0.05, 0.1) is 12.1 Å². The Labute approximate surface area is 125 Å². The second kappa shape index (κ2) is 6.27. The Balaban J connectivity index is 1.76. The van der Waals surface area contributed by atoms with E-state index in [0.29, 0.717) is 12.3 Å². The molecule has 1 aliphatic rings. The lowest BCUT2D eigenvalue weighted by Gasteiger charge is -2.28. The molecular weight excluding hydrogens is 270 g/mol. The summed E-state index contributed by atoms with van der Waals surface area (Å²) in [6, 6.07) is 2.22. The third-order valence-corrected chi connectivity index (χ3v) is 5.23. The van der Waals surface area contributed by atoms with Crippen LogP contribution in [0.2, 0.25) is 0 Å². The molecule has 1 amide bonds. The molecule has 0 spiro atoms. The SMILES string of the molecule is Cc1cc(CCCC(=O)NC(C)(CO)C2CC2)c(C)s1. The Hall–Kier alpha value is -0.870. The molecule has 1 aromatic rings. The van der Waals surface area contributed by atoms with Crippen molar-refractivity contribution < 1.29 is 9.90 Å². The van der Waals surface area contributed by atoms with Crippen molar-refractivity contribution in [1.82, 2.24) is 5.32 Å². The summed E-state index contributed by atoms with van der Waals surface area (Å²) >= 11 is 1.82. The zero-order chi connectivity index (χ0) is 14.8. The monoisotopic (exact) mass is 295 g/mol. The standard InChI is InChI=1S/C16H25NO2S/c1-11-9-13(12(2)20-11)5-4-6-15(19)17-16(3,10-18)14-7-8-14/h9,14,18H,4-8,10H2,1-3H3,(H,17,19). The number of aryl methyl sites for hydroxylation is 3. The van der Waals surface area contributed by atoms with E-state index in [2.05, 4.69) is 25.2 Å². The van der Waals surface area contributed by atoms with Crippen molar-refractivity contribution in [3.8, 4) is 0 Å². The third kappa shape index (κ3) is 3.83. The van der Waals surface area contributed by atoms with Gasteiger partial charge in [0, 0.05) is 16.2 Å². The van der Waals surface area contributed by atoms with Gasteiger partial charge in [-0.2, -0.15) is 0 Å². The number of hydrogen-bond donors (Lipinski definition) is 2. The molecule has 2 rings (SSSR count). The van der Waals surface area contributed by atoms with Crippen LogP contribution in [0.4, 0.5) is 0 Å². The maximum Gasteiger partial charge on any atom is 0.220 e. The highest BCUT2D eigenvalue weighted by atomic mass is 32.1. The molecule has 1 aliphatic carbocycles. The molecule has 0 saturated heterocycles. The quantitative estimate of drug-likeness (QED) is 0.812. The largest absolute Gasteiger partial charge is 0.394 e. The number of rotatable bonds is 7. The number of carbonyl (C=O) groups excluding carboxylic acids is 1. The first-order valence-electron chi connectivity index (χ1n) is 7.42. The number of aliphatic hydroxyl groups is 1. The van der Waals surface area contributed by atoms with E-state index in [4.69, 9.17) is 0 Å². The van der Waals surface area contributed by atoms with Crippen molar-refractivity contribution in [3.05, 3.63) is 21.4 Å². The van der Waals surface area contributed by atoms with Gasteiger partial charge < -0.3 is 10.4 Å². The van der Waals surface area contributed by atoms with Gasteiger partial charge in [-0.05, 0) is 64.0 Å². The summed E-state index contributed by atoms with van der Waals surface area (Å²) in [5.74, 6) is 0.524. The fraction of sp³-hybridized carbons (Fsp3) is 0.688. The number of aliphatic hydroxyl groups excluding tert-OH is 1. The van der Waals surface area contributed by atoms with Crippen LogP contribution in [0, 0.1) is 19.8 Å². The summed E-state index contributed by atoms with van der Waals surface area (Å²) in [4.78, 5) is 14.7. The van der Waals surface area contributed by atoms with Crippen LogP contribution < -0.4 is 5.32 Å². The van der Waals surface area contributed by atoms with Crippen molar-refractivity contribution in [2.24, 2.45) is 5.92 Å². The first-order chi connectivity index (χ1) is 9.44. The van der Waals surface area contributed by atoms with E-state index < -0.39 is 5.54 Å². The molecule has 1 saturated carbocycles. The fourth-order valence-corrected chi connectivity index (χ4v) is 3.72. The van der Waals surface area contributed by atoms with Gasteiger partial charge >= 0.3 is 0 Å². The maximum absolute atomic E-state index is 12.0. The molecule has 1 atom stereocenters. The molecule has 0 bridgehead atoms. The Bertz CT molecular complexity index is 479. The number of nitrogens with one attached hydrogen (secondary N) is 1. The van der Waals surface area contributed by atoms with E-state index >= 15 is 0 Å². The second-order valence-electron chi connectivity index (χ2n) is 6.19. The van der Waals surface area contributed by atoms with Gasteiger partial charge in [0.2, 0.25) is 5.91 Å². The highest BCUT2D eigenvalue weighted by Gasteiger charge is 2.41. The van der Waals surface area contributed by atoms with Crippen LogP contribution in [0.25, 0.3) is 0 Å². The Morgan fingerprint density at radius 3 is 2.70 bits per heavy atom. The number of hydrogen-bond acceptors (Lipinski definition) is 3. The fourth-order valence-electron chi connectivity index (χ4n) is 2.74. The molecule has 0 aromatic carbocycles. The molecule has 4 heteroatoms. The van der Waals surface area contributed by atoms with Crippen LogP contribution in [0.5, 0.6) is 0 Å². The Morgan fingerprint density at radius 1 is 1.50 bits per heavy atom. The molecule has 0 radical (unpaired) electrons. The first-order valence-corrected chi connectivity index (χ1v) is 8.24. The summed E-state index contributed by atoms with van der Waals surface area (Å²) in [5, 5.41) is 12.5. The smallest absolute Gasteiger partial charge is 0.220 e. The lowest BCUT2D eigenvalue weighted by atomic mass is 9.96. The zero-order valence-electron chi connectivity index (χ0n) is 12.7. The van der Waals surface area contributed by atoms with Crippen LogP contribution in [-0.2, 0) is 11.2 Å². The summed E-state index contributed by atoms with van der Waals surface area (Å²) in [6.45, 7) is 6.25. The molecule has 1 heterocycles. The number of amides is 1. The van der Waals surface area contributed by atoms with E-state index in [9.17, 15) is 9.90 Å². The van der Waals surface area contributed by atoms with Gasteiger partial charge in [-0.1, -0.05) is 0 Å². The predicted molar refractivity (Wildman–Crippen MR) is 83.1 cm³/mol. The zero-order valence-corrected chi connectivity index (χ0v) is 13.5. The summed E-state index contributed by atoms with van der Waals surface area (Å²) < 4.78 is 0. The van der Waals surface area contributed by atoms with E-state index in [1.165, 1.54) is 15.3 Å².